The minimum absolute atomic E-state index is 1.12. The molecule has 9 heavy (non-hydrogen) atoms. The molecular weight excluding hydrogens is 108 g/mol. The Kier molecular flexibility index (Phi) is 5.29. The standard InChI is InChI=1S/C9H16/c1-4-6-7-8-9(3)5-2/h4,6H,3,5,7-8H2,1-2H3/b6-4-. The minimum Gasteiger partial charge on any atom is -0.0999 e. The Morgan fingerprint density at radius 1 is 1.56 bits per heavy atom. The first-order valence-corrected chi connectivity index (χ1v) is 3.59. The molecule has 0 bridgehead atoms. The molecule has 0 aliphatic heterocycles. The summed E-state index contributed by atoms with van der Waals surface area (Å²) < 4.78 is 0. The Hall–Kier alpha value is -0.520. The lowest BCUT2D eigenvalue weighted by molar-refractivity contribution is 0.914. The number of rotatable bonds is 4. The van der Waals surface area contributed by atoms with E-state index in [1.165, 1.54) is 5.57 Å². The van der Waals surface area contributed by atoms with Crippen LogP contribution < -0.4 is 0 Å². The highest BCUT2D eigenvalue weighted by atomic mass is 13.9. The Bertz CT molecular complexity index is 98.6. The average Bonchev–Trinajstić information content (AvgIpc) is 1.89. The average molecular weight is 124 g/mol. The van der Waals surface area contributed by atoms with Crippen molar-refractivity contribution < 1.29 is 0 Å². The second-order valence-electron chi connectivity index (χ2n) is 2.21. The van der Waals surface area contributed by atoms with Gasteiger partial charge in [-0.05, 0) is 26.2 Å². The van der Waals surface area contributed by atoms with Gasteiger partial charge in [0, 0.05) is 0 Å². The molecule has 0 aromatic rings. The van der Waals surface area contributed by atoms with Gasteiger partial charge in [-0.25, -0.2) is 0 Å². The molecule has 0 radical (unpaired) electrons. The molecule has 0 rings (SSSR count). The van der Waals surface area contributed by atoms with Crippen molar-refractivity contribution in [1.82, 2.24) is 0 Å². The second kappa shape index (κ2) is 5.61. The first-order chi connectivity index (χ1) is 4.31. The summed E-state index contributed by atoms with van der Waals surface area (Å²) in [7, 11) is 0. The number of hydrogen-bond acceptors (Lipinski definition) is 0. The van der Waals surface area contributed by atoms with Crippen LogP contribution in [-0.2, 0) is 0 Å². The van der Waals surface area contributed by atoms with Crippen molar-refractivity contribution in [2.24, 2.45) is 0 Å². The van der Waals surface area contributed by atoms with Crippen LogP contribution >= 0.6 is 0 Å². The maximum absolute atomic E-state index is 3.91. The van der Waals surface area contributed by atoms with Crippen molar-refractivity contribution in [3.05, 3.63) is 24.3 Å². The van der Waals surface area contributed by atoms with Gasteiger partial charge in [-0.1, -0.05) is 31.2 Å². The van der Waals surface area contributed by atoms with Crippen molar-refractivity contribution in [1.29, 1.82) is 0 Å². The Balaban J connectivity index is 3.17. The fourth-order valence-corrected chi connectivity index (χ4v) is 0.631. The van der Waals surface area contributed by atoms with Gasteiger partial charge in [-0.3, -0.25) is 0 Å². The Morgan fingerprint density at radius 3 is 2.67 bits per heavy atom. The zero-order valence-corrected chi connectivity index (χ0v) is 6.48. The van der Waals surface area contributed by atoms with E-state index in [1.54, 1.807) is 0 Å². The summed E-state index contributed by atoms with van der Waals surface area (Å²) in [6, 6.07) is 0. The monoisotopic (exact) mass is 124 g/mol. The van der Waals surface area contributed by atoms with Crippen LogP contribution in [0, 0.1) is 0 Å². The summed E-state index contributed by atoms with van der Waals surface area (Å²) in [5.74, 6) is 0. The van der Waals surface area contributed by atoms with Gasteiger partial charge in [0.2, 0.25) is 0 Å². The van der Waals surface area contributed by atoms with Gasteiger partial charge >= 0.3 is 0 Å². The fourth-order valence-electron chi connectivity index (χ4n) is 0.631. The molecule has 0 aliphatic carbocycles. The SMILES string of the molecule is C=C(CC)CC/C=C\C. The number of hydrogen-bond donors (Lipinski definition) is 0. The minimum atomic E-state index is 1.12. The third kappa shape index (κ3) is 5.35. The van der Waals surface area contributed by atoms with Crippen LogP contribution in [0.1, 0.15) is 33.1 Å². The summed E-state index contributed by atoms with van der Waals surface area (Å²) >= 11 is 0. The van der Waals surface area contributed by atoms with Crippen LogP contribution in [0.2, 0.25) is 0 Å². The molecule has 0 saturated heterocycles. The normalized spacial score (nSPS) is 10.4. The third-order valence-corrected chi connectivity index (χ3v) is 1.40. The zero-order chi connectivity index (χ0) is 7.11. The predicted molar refractivity (Wildman–Crippen MR) is 43.5 cm³/mol. The van der Waals surface area contributed by atoms with Crippen molar-refractivity contribution in [3.8, 4) is 0 Å². The molecule has 0 unspecified atom stereocenters. The van der Waals surface area contributed by atoms with E-state index in [0.717, 1.165) is 19.3 Å². The van der Waals surface area contributed by atoms with Gasteiger partial charge in [0.1, 0.15) is 0 Å². The highest BCUT2D eigenvalue weighted by Gasteiger charge is 1.85. The van der Waals surface area contributed by atoms with E-state index in [2.05, 4.69) is 32.6 Å². The summed E-state index contributed by atoms with van der Waals surface area (Å²) in [5, 5.41) is 0. The quantitative estimate of drug-likeness (QED) is 0.504. The van der Waals surface area contributed by atoms with Crippen LogP contribution in [0.4, 0.5) is 0 Å². The van der Waals surface area contributed by atoms with Gasteiger partial charge in [0.05, 0.1) is 0 Å². The molecule has 0 nitrogen and oxygen atoms in total. The maximum atomic E-state index is 3.91. The molecule has 0 spiro atoms. The summed E-state index contributed by atoms with van der Waals surface area (Å²) in [4.78, 5) is 0. The van der Waals surface area contributed by atoms with Gasteiger partial charge in [0.25, 0.3) is 0 Å². The fraction of sp³-hybridized carbons (Fsp3) is 0.556. The van der Waals surface area contributed by atoms with Gasteiger partial charge in [-0.15, -0.1) is 0 Å². The van der Waals surface area contributed by atoms with Crippen molar-refractivity contribution in [3.63, 3.8) is 0 Å². The lowest BCUT2D eigenvalue weighted by atomic mass is 10.1. The van der Waals surface area contributed by atoms with E-state index in [-0.39, 0.29) is 0 Å². The van der Waals surface area contributed by atoms with E-state index in [4.69, 9.17) is 0 Å². The topological polar surface area (TPSA) is 0 Å². The van der Waals surface area contributed by atoms with E-state index in [1.807, 2.05) is 0 Å². The van der Waals surface area contributed by atoms with Crippen LogP contribution in [0.3, 0.4) is 0 Å². The molecule has 0 heterocycles. The van der Waals surface area contributed by atoms with Gasteiger partial charge in [-0.2, -0.15) is 0 Å². The summed E-state index contributed by atoms with van der Waals surface area (Å²) in [6.07, 6.45) is 7.70. The first-order valence-electron chi connectivity index (χ1n) is 3.59. The molecule has 0 heteroatoms. The van der Waals surface area contributed by atoms with Gasteiger partial charge < -0.3 is 0 Å². The van der Waals surface area contributed by atoms with E-state index < -0.39 is 0 Å². The highest BCUT2D eigenvalue weighted by Crippen LogP contribution is 2.05. The van der Waals surface area contributed by atoms with Crippen molar-refractivity contribution in [2.75, 3.05) is 0 Å². The zero-order valence-electron chi connectivity index (χ0n) is 6.48. The Morgan fingerprint density at radius 2 is 2.22 bits per heavy atom. The smallest absolute Gasteiger partial charge is 0.0288 e. The highest BCUT2D eigenvalue weighted by molar-refractivity contribution is 4.95. The molecule has 52 valence electrons. The summed E-state index contributed by atoms with van der Waals surface area (Å²) in [6.45, 7) is 8.11. The van der Waals surface area contributed by atoms with Crippen LogP contribution in [0.25, 0.3) is 0 Å². The molecule has 0 N–H and O–H groups in total. The predicted octanol–water partition coefficient (Wildman–Crippen LogP) is 3.31. The third-order valence-electron chi connectivity index (χ3n) is 1.40. The Labute approximate surface area is 58.3 Å². The van der Waals surface area contributed by atoms with Crippen molar-refractivity contribution >= 4 is 0 Å². The second-order valence-corrected chi connectivity index (χ2v) is 2.21. The van der Waals surface area contributed by atoms with E-state index in [0.29, 0.717) is 0 Å². The lowest BCUT2D eigenvalue weighted by Crippen LogP contribution is -1.75. The maximum Gasteiger partial charge on any atom is -0.0288 e. The van der Waals surface area contributed by atoms with Crippen LogP contribution in [0.5, 0.6) is 0 Å². The largest absolute Gasteiger partial charge is 0.0999 e. The summed E-state index contributed by atoms with van der Waals surface area (Å²) in [5.41, 5.74) is 1.35. The molecule has 0 aliphatic rings. The van der Waals surface area contributed by atoms with Crippen LogP contribution in [-0.4, -0.2) is 0 Å². The molecule has 0 aromatic carbocycles. The lowest BCUT2D eigenvalue weighted by Gasteiger charge is -1.95. The molecule has 0 fully saturated rings. The van der Waals surface area contributed by atoms with Crippen LogP contribution in [0.15, 0.2) is 24.3 Å². The van der Waals surface area contributed by atoms with E-state index in [9.17, 15) is 0 Å². The molecule has 0 aromatic heterocycles. The molecule has 0 atom stereocenters. The molecular formula is C9H16. The van der Waals surface area contributed by atoms with Crippen molar-refractivity contribution in [2.45, 2.75) is 33.1 Å². The molecule has 0 amide bonds. The molecule has 0 saturated carbocycles. The van der Waals surface area contributed by atoms with Gasteiger partial charge in [0.15, 0.2) is 0 Å². The number of allylic oxidation sites excluding steroid dienone is 3. The van der Waals surface area contributed by atoms with E-state index >= 15 is 0 Å². The first kappa shape index (κ1) is 8.48.